The molecule has 1 rings (SSSR count). The second-order valence-corrected chi connectivity index (χ2v) is 4.89. The van der Waals surface area contributed by atoms with Crippen molar-refractivity contribution < 1.29 is 24.5 Å². The highest BCUT2D eigenvalue weighted by Gasteiger charge is 2.29. The zero-order valence-electron chi connectivity index (χ0n) is 12.5. The number of carbonyl (C=O) groups is 2. The molecule has 1 aliphatic rings. The Balaban J connectivity index is 2.84. The van der Waals surface area contributed by atoms with Crippen LogP contribution in [-0.2, 0) is 14.3 Å². The smallest absolute Gasteiger partial charge is 0.331 e. The van der Waals surface area contributed by atoms with Crippen molar-refractivity contribution in [1.82, 2.24) is 5.32 Å². The van der Waals surface area contributed by atoms with Crippen LogP contribution in [0.4, 0.5) is 0 Å². The van der Waals surface area contributed by atoms with Gasteiger partial charge in [0.05, 0.1) is 12.7 Å². The molecule has 118 valence electrons. The third kappa shape index (κ3) is 5.32. The van der Waals surface area contributed by atoms with E-state index in [0.717, 1.165) is 18.9 Å². The normalized spacial score (nSPS) is 23.6. The second-order valence-electron chi connectivity index (χ2n) is 4.89. The number of carbonyl (C=O) groups excluding carboxylic acids is 2. The summed E-state index contributed by atoms with van der Waals surface area (Å²) in [4.78, 5) is 23.4. The fraction of sp³-hybridized carbons (Fsp3) is 0.600. The molecule has 6 heteroatoms. The van der Waals surface area contributed by atoms with Crippen LogP contribution in [0, 0.1) is 0 Å². The van der Waals surface area contributed by atoms with Gasteiger partial charge in [-0.1, -0.05) is 13.3 Å². The molecule has 0 bridgehead atoms. The predicted octanol–water partition coefficient (Wildman–Crippen LogP) is 0.444. The van der Waals surface area contributed by atoms with Gasteiger partial charge in [0.15, 0.2) is 0 Å². The van der Waals surface area contributed by atoms with Gasteiger partial charge < -0.3 is 20.3 Å². The Morgan fingerprint density at radius 1 is 1.43 bits per heavy atom. The number of amides is 1. The number of hydrogen-bond acceptors (Lipinski definition) is 5. The first-order valence-electron chi connectivity index (χ1n) is 7.22. The number of rotatable bonds is 6. The highest BCUT2D eigenvalue weighted by atomic mass is 16.5. The lowest BCUT2D eigenvalue weighted by Gasteiger charge is -2.25. The third-order valence-electron chi connectivity index (χ3n) is 3.15. The Morgan fingerprint density at radius 3 is 2.76 bits per heavy atom. The molecule has 0 radical (unpaired) electrons. The number of hydrogen-bond donors (Lipinski definition) is 3. The molecule has 6 nitrogen and oxygen atoms in total. The number of ether oxygens (including phenoxy) is 1. The molecule has 0 spiro atoms. The first kappa shape index (κ1) is 17.4. The standard InChI is InChI=1S/C15H23NO5/c1-3-5-6-16-15(20)11-7-10(9-13(18)21-4-2)14(19)12(17)8-11/h7,9,12,14,17,19H,3-6,8H2,1-2H3,(H,16,20)/b10-9+/t12-,14-/m1/s1. The maximum atomic E-state index is 12.0. The van der Waals surface area contributed by atoms with E-state index >= 15 is 0 Å². The minimum Gasteiger partial charge on any atom is -0.463 e. The van der Waals surface area contributed by atoms with Crippen molar-refractivity contribution >= 4 is 11.9 Å². The summed E-state index contributed by atoms with van der Waals surface area (Å²) in [6, 6.07) is 0. The Kier molecular flexibility index (Phi) is 7.11. The van der Waals surface area contributed by atoms with Gasteiger partial charge >= 0.3 is 5.97 Å². The molecule has 3 N–H and O–H groups in total. The maximum Gasteiger partial charge on any atom is 0.331 e. The molecule has 1 aliphatic carbocycles. The van der Waals surface area contributed by atoms with Gasteiger partial charge in [0, 0.05) is 24.6 Å². The molecule has 0 unspecified atom stereocenters. The molecule has 0 aromatic rings. The number of aliphatic hydroxyl groups excluding tert-OH is 2. The van der Waals surface area contributed by atoms with Crippen molar-refractivity contribution in [2.45, 2.75) is 45.3 Å². The average molecular weight is 297 g/mol. The zero-order chi connectivity index (χ0) is 15.8. The van der Waals surface area contributed by atoms with E-state index in [-0.39, 0.29) is 24.5 Å². The fourth-order valence-electron chi connectivity index (χ4n) is 2.00. The Hall–Kier alpha value is -1.66. The maximum absolute atomic E-state index is 12.0. The summed E-state index contributed by atoms with van der Waals surface area (Å²) >= 11 is 0. The second kappa shape index (κ2) is 8.59. The van der Waals surface area contributed by atoms with Gasteiger partial charge in [-0.3, -0.25) is 4.79 Å². The zero-order valence-corrected chi connectivity index (χ0v) is 12.5. The topological polar surface area (TPSA) is 95.9 Å². The summed E-state index contributed by atoms with van der Waals surface area (Å²) < 4.78 is 4.77. The third-order valence-corrected chi connectivity index (χ3v) is 3.15. The van der Waals surface area contributed by atoms with Crippen molar-refractivity contribution in [3.05, 3.63) is 23.3 Å². The number of unbranched alkanes of at least 4 members (excludes halogenated alkanes) is 1. The van der Waals surface area contributed by atoms with Crippen LogP contribution < -0.4 is 5.32 Å². The Bertz CT molecular complexity index is 441. The molecule has 0 saturated heterocycles. The Morgan fingerprint density at radius 2 is 2.14 bits per heavy atom. The lowest BCUT2D eigenvalue weighted by atomic mass is 9.89. The van der Waals surface area contributed by atoms with Crippen molar-refractivity contribution in [3.8, 4) is 0 Å². The van der Waals surface area contributed by atoms with E-state index in [1.54, 1.807) is 6.92 Å². The van der Waals surface area contributed by atoms with Crippen molar-refractivity contribution in [1.29, 1.82) is 0 Å². The number of aliphatic hydroxyl groups is 2. The molecule has 0 heterocycles. The molecule has 0 aromatic carbocycles. The molecule has 0 fully saturated rings. The largest absolute Gasteiger partial charge is 0.463 e. The number of esters is 1. The first-order chi connectivity index (χ1) is 9.99. The van der Waals surface area contributed by atoms with Crippen molar-refractivity contribution in [2.75, 3.05) is 13.2 Å². The van der Waals surface area contributed by atoms with E-state index < -0.39 is 18.2 Å². The van der Waals surface area contributed by atoms with Crippen LogP contribution in [0.2, 0.25) is 0 Å². The lowest BCUT2D eigenvalue weighted by Crippen LogP contribution is -2.36. The van der Waals surface area contributed by atoms with Crippen LogP contribution in [0.15, 0.2) is 23.3 Å². The lowest BCUT2D eigenvalue weighted by molar-refractivity contribution is -0.137. The van der Waals surface area contributed by atoms with E-state index in [0.29, 0.717) is 12.1 Å². The van der Waals surface area contributed by atoms with E-state index in [2.05, 4.69) is 5.32 Å². The molecular weight excluding hydrogens is 274 g/mol. The Labute approximate surface area is 124 Å². The molecule has 0 aromatic heterocycles. The summed E-state index contributed by atoms with van der Waals surface area (Å²) in [6.45, 7) is 4.47. The van der Waals surface area contributed by atoms with Crippen LogP contribution in [0.1, 0.15) is 33.1 Å². The first-order valence-corrected chi connectivity index (χ1v) is 7.22. The van der Waals surface area contributed by atoms with Gasteiger partial charge in [0.2, 0.25) is 5.91 Å². The molecule has 0 saturated carbocycles. The van der Waals surface area contributed by atoms with Gasteiger partial charge in [-0.15, -0.1) is 0 Å². The van der Waals surface area contributed by atoms with Crippen LogP contribution in [0.5, 0.6) is 0 Å². The average Bonchev–Trinajstić information content (AvgIpc) is 2.44. The van der Waals surface area contributed by atoms with Crippen LogP contribution >= 0.6 is 0 Å². The van der Waals surface area contributed by atoms with Gasteiger partial charge in [-0.25, -0.2) is 4.79 Å². The monoisotopic (exact) mass is 297 g/mol. The predicted molar refractivity (Wildman–Crippen MR) is 77.3 cm³/mol. The minimum atomic E-state index is -1.19. The molecule has 0 aliphatic heterocycles. The SMILES string of the molecule is CCCCNC(=O)C1=C/C(=C\C(=O)OCC)[C@@H](O)[C@H](O)C1. The molecular formula is C15H23NO5. The summed E-state index contributed by atoms with van der Waals surface area (Å²) in [6.07, 6.45) is 2.14. The molecule has 2 atom stereocenters. The highest BCUT2D eigenvalue weighted by Crippen LogP contribution is 2.23. The van der Waals surface area contributed by atoms with Crippen LogP contribution in [0.3, 0.4) is 0 Å². The van der Waals surface area contributed by atoms with Crippen LogP contribution in [-0.4, -0.2) is 47.4 Å². The summed E-state index contributed by atoms with van der Waals surface area (Å²) in [7, 11) is 0. The minimum absolute atomic E-state index is 0.0549. The number of nitrogens with one attached hydrogen (secondary N) is 1. The molecule has 1 amide bonds. The van der Waals surface area contributed by atoms with Crippen molar-refractivity contribution in [2.24, 2.45) is 0 Å². The van der Waals surface area contributed by atoms with Gasteiger partial charge in [0.25, 0.3) is 0 Å². The van der Waals surface area contributed by atoms with Crippen molar-refractivity contribution in [3.63, 3.8) is 0 Å². The summed E-state index contributed by atoms with van der Waals surface area (Å²) in [5.41, 5.74) is 0.535. The van der Waals surface area contributed by atoms with Gasteiger partial charge in [-0.2, -0.15) is 0 Å². The summed E-state index contributed by atoms with van der Waals surface area (Å²) in [5, 5.41) is 22.4. The summed E-state index contributed by atoms with van der Waals surface area (Å²) in [5.74, 6) is -0.896. The highest BCUT2D eigenvalue weighted by molar-refractivity contribution is 5.95. The molecule has 21 heavy (non-hydrogen) atoms. The van der Waals surface area contributed by atoms with E-state index in [4.69, 9.17) is 4.74 Å². The quantitative estimate of drug-likeness (QED) is 0.376. The van der Waals surface area contributed by atoms with E-state index in [9.17, 15) is 19.8 Å². The van der Waals surface area contributed by atoms with Gasteiger partial charge in [-0.05, 0) is 25.0 Å². The van der Waals surface area contributed by atoms with Gasteiger partial charge in [0.1, 0.15) is 6.10 Å². The fourth-order valence-corrected chi connectivity index (χ4v) is 2.00. The van der Waals surface area contributed by atoms with E-state index in [1.165, 1.54) is 6.08 Å². The van der Waals surface area contributed by atoms with Crippen LogP contribution in [0.25, 0.3) is 0 Å². The van der Waals surface area contributed by atoms with E-state index in [1.807, 2.05) is 6.92 Å².